The molecule has 0 bridgehead atoms. The van der Waals surface area contributed by atoms with Crippen LogP contribution < -0.4 is 0 Å². The molecule has 0 atom stereocenters. The molecular weight excluding hydrogens is 309 g/mol. The first-order valence-electron chi connectivity index (χ1n) is 6.29. The van der Waals surface area contributed by atoms with Crippen LogP contribution in [0, 0.1) is 5.82 Å². The molecule has 0 N–H and O–H groups in total. The third-order valence-corrected chi connectivity index (χ3v) is 5.79. The molecular formula is C15H16FNO2S2. The van der Waals surface area contributed by atoms with Gasteiger partial charge in [0, 0.05) is 24.7 Å². The average Bonchev–Trinajstić information content (AvgIpc) is 2.47. The highest BCUT2D eigenvalue weighted by Gasteiger charge is 2.17. The highest BCUT2D eigenvalue weighted by molar-refractivity contribution is 7.98. The van der Waals surface area contributed by atoms with Gasteiger partial charge in [0.25, 0.3) is 0 Å². The number of rotatable bonds is 5. The SMILES string of the molecule is CN(C)S(=O)(=O)c1cccc(CSc2ccc(F)cc2)c1. The molecule has 0 amide bonds. The summed E-state index contributed by atoms with van der Waals surface area (Å²) >= 11 is 1.53. The molecule has 0 radical (unpaired) electrons. The van der Waals surface area contributed by atoms with Crippen molar-refractivity contribution in [1.29, 1.82) is 0 Å². The second-order valence-electron chi connectivity index (χ2n) is 4.68. The quantitative estimate of drug-likeness (QED) is 0.791. The van der Waals surface area contributed by atoms with Gasteiger partial charge < -0.3 is 0 Å². The van der Waals surface area contributed by atoms with Gasteiger partial charge in [-0.2, -0.15) is 0 Å². The predicted octanol–water partition coefficient (Wildman–Crippen LogP) is 3.37. The van der Waals surface area contributed by atoms with Crippen LogP contribution in [-0.4, -0.2) is 26.8 Å². The summed E-state index contributed by atoms with van der Waals surface area (Å²) in [6.45, 7) is 0. The molecule has 0 aliphatic carbocycles. The molecule has 2 rings (SSSR count). The molecule has 0 fully saturated rings. The van der Waals surface area contributed by atoms with Gasteiger partial charge in [0.2, 0.25) is 10.0 Å². The Balaban J connectivity index is 2.13. The third-order valence-electron chi connectivity index (χ3n) is 2.90. The second kappa shape index (κ2) is 6.60. The van der Waals surface area contributed by atoms with Crippen LogP contribution in [0.15, 0.2) is 58.3 Å². The maximum absolute atomic E-state index is 12.8. The Morgan fingerprint density at radius 2 is 1.76 bits per heavy atom. The summed E-state index contributed by atoms with van der Waals surface area (Å²) in [7, 11) is -0.395. The molecule has 2 aromatic carbocycles. The van der Waals surface area contributed by atoms with Gasteiger partial charge in [-0.05, 0) is 42.0 Å². The van der Waals surface area contributed by atoms with Crippen molar-refractivity contribution in [2.75, 3.05) is 14.1 Å². The highest BCUT2D eigenvalue weighted by Crippen LogP contribution is 2.24. The number of nitrogens with zero attached hydrogens (tertiary/aromatic N) is 1. The van der Waals surface area contributed by atoms with Gasteiger partial charge in [-0.1, -0.05) is 12.1 Å². The minimum atomic E-state index is -3.41. The third kappa shape index (κ3) is 4.06. The predicted molar refractivity (Wildman–Crippen MR) is 83.3 cm³/mol. The van der Waals surface area contributed by atoms with Crippen molar-refractivity contribution in [3.8, 4) is 0 Å². The van der Waals surface area contributed by atoms with Crippen LogP contribution >= 0.6 is 11.8 Å². The lowest BCUT2D eigenvalue weighted by Gasteiger charge is -2.12. The van der Waals surface area contributed by atoms with E-state index < -0.39 is 10.0 Å². The standard InChI is InChI=1S/C15H16FNO2S2/c1-17(2)21(18,19)15-5-3-4-12(10-15)11-20-14-8-6-13(16)7-9-14/h3-10H,11H2,1-2H3. The monoisotopic (exact) mass is 325 g/mol. The van der Waals surface area contributed by atoms with Crippen LogP contribution in [0.4, 0.5) is 4.39 Å². The van der Waals surface area contributed by atoms with E-state index >= 15 is 0 Å². The normalized spacial score (nSPS) is 11.8. The van der Waals surface area contributed by atoms with E-state index in [0.717, 1.165) is 10.5 Å². The molecule has 2 aromatic rings. The van der Waals surface area contributed by atoms with Gasteiger partial charge in [0.1, 0.15) is 5.82 Å². The van der Waals surface area contributed by atoms with Crippen LogP contribution in [0.5, 0.6) is 0 Å². The van der Waals surface area contributed by atoms with Crippen LogP contribution in [0.25, 0.3) is 0 Å². The average molecular weight is 325 g/mol. The van der Waals surface area contributed by atoms with Crippen molar-refractivity contribution in [3.63, 3.8) is 0 Å². The fourth-order valence-electron chi connectivity index (χ4n) is 1.70. The molecule has 112 valence electrons. The molecule has 0 unspecified atom stereocenters. The number of sulfonamides is 1. The van der Waals surface area contributed by atoms with E-state index in [0.29, 0.717) is 5.75 Å². The molecule has 0 aliphatic rings. The van der Waals surface area contributed by atoms with E-state index in [1.165, 1.54) is 42.3 Å². The largest absolute Gasteiger partial charge is 0.242 e. The lowest BCUT2D eigenvalue weighted by Crippen LogP contribution is -2.22. The van der Waals surface area contributed by atoms with E-state index in [-0.39, 0.29) is 10.7 Å². The van der Waals surface area contributed by atoms with E-state index in [1.54, 1.807) is 30.3 Å². The number of hydrogen-bond donors (Lipinski definition) is 0. The molecule has 21 heavy (non-hydrogen) atoms. The van der Waals surface area contributed by atoms with Crippen LogP contribution in [0.2, 0.25) is 0 Å². The fourth-order valence-corrected chi connectivity index (χ4v) is 3.52. The maximum atomic E-state index is 12.8. The van der Waals surface area contributed by atoms with Gasteiger partial charge in [-0.3, -0.25) is 0 Å². The summed E-state index contributed by atoms with van der Waals surface area (Å²) in [4.78, 5) is 1.22. The Kier molecular flexibility index (Phi) is 5.03. The molecule has 0 aliphatic heterocycles. The minimum absolute atomic E-state index is 0.265. The molecule has 0 saturated carbocycles. The smallest absolute Gasteiger partial charge is 0.207 e. The number of hydrogen-bond acceptors (Lipinski definition) is 3. The molecule has 0 spiro atoms. The zero-order chi connectivity index (χ0) is 15.5. The van der Waals surface area contributed by atoms with Crippen LogP contribution in [0.3, 0.4) is 0 Å². The lowest BCUT2D eigenvalue weighted by molar-refractivity contribution is 0.520. The first-order valence-corrected chi connectivity index (χ1v) is 8.72. The first-order chi connectivity index (χ1) is 9.89. The van der Waals surface area contributed by atoms with E-state index in [9.17, 15) is 12.8 Å². The van der Waals surface area contributed by atoms with Crippen LogP contribution in [0.1, 0.15) is 5.56 Å². The summed E-state index contributed by atoms with van der Waals surface area (Å²) < 4.78 is 38.2. The number of benzene rings is 2. The summed E-state index contributed by atoms with van der Waals surface area (Å²) in [5, 5.41) is 0. The Morgan fingerprint density at radius 3 is 2.38 bits per heavy atom. The highest BCUT2D eigenvalue weighted by atomic mass is 32.2. The van der Waals surface area contributed by atoms with Gasteiger partial charge in [-0.25, -0.2) is 17.1 Å². The van der Waals surface area contributed by atoms with E-state index in [2.05, 4.69) is 0 Å². The van der Waals surface area contributed by atoms with Crippen molar-refractivity contribution < 1.29 is 12.8 Å². The van der Waals surface area contributed by atoms with Gasteiger partial charge in [0.15, 0.2) is 0 Å². The number of halogens is 1. The topological polar surface area (TPSA) is 37.4 Å². The summed E-state index contributed by atoms with van der Waals surface area (Å²) in [6, 6.07) is 13.1. The van der Waals surface area contributed by atoms with Crippen molar-refractivity contribution in [1.82, 2.24) is 4.31 Å². The van der Waals surface area contributed by atoms with E-state index in [4.69, 9.17) is 0 Å². The molecule has 0 aromatic heterocycles. The van der Waals surface area contributed by atoms with E-state index in [1.807, 2.05) is 6.07 Å². The maximum Gasteiger partial charge on any atom is 0.242 e. The zero-order valence-corrected chi connectivity index (χ0v) is 13.4. The fraction of sp³-hybridized carbons (Fsp3) is 0.200. The lowest BCUT2D eigenvalue weighted by atomic mass is 10.2. The summed E-state index contributed by atoms with van der Waals surface area (Å²) in [5.74, 6) is 0.362. The Bertz CT molecular complexity index is 713. The van der Waals surface area contributed by atoms with Crippen LogP contribution in [-0.2, 0) is 15.8 Å². The van der Waals surface area contributed by atoms with Crippen molar-refractivity contribution in [3.05, 3.63) is 59.9 Å². The molecule has 0 saturated heterocycles. The Morgan fingerprint density at radius 1 is 1.10 bits per heavy atom. The second-order valence-corrected chi connectivity index (χ2v) is 7.88. The van der Waals surface area contributed by atoms with Crippen molar-refractivity contribution >= 4 is 21.8 Å². The molecule has 6 heteroatoms. The Labute approximate surface area is 128 Å². The van der Waals surface area contributed by atoms with Gasteiger partial charge >= 0.3 is 0 Å². The first kappa shape index (κ1) is 16.0. The van der Waals surface area contributed by atoms with Crippen molar-refractivity contribution in [2.45, 2.75) is 15.5 Å². The molecule has 3 nitrogen and oxygen atoms in total. The summed E-state index contributed by atoms with van der Waals surface area (Å²) in [5.41, 5.74) is 0.909. The molecule has 0 heterocycles. The summed E-state index contributed by atoms with van der Waals surface area (Å²) in [6.07, 6.45) is 0. The van der Waals surface area contributed by atoms with Gasteiger partial charge in [-0.15, -0.1) is 11.8 Å². The van der Waals surface area contributed by atoms with Gasteiger partial charge in [0.05, 0.1) is 4.90 Å². The Hall–Kier alpha value is -1.37. The number of thioether (sulfide) groups is 1. The zero-order valence-electron chi connectivity index (χ0n) is 11.8. The van der Waals surface area contributed by atoms with Crippen molar-refractivity contribution in [2.24, 2.45) is 0 Å². The minimum Gasteiger partial charge on any atom is -0.207 e.